The number of rotatable bonds is 6. The lowest BCUT2D eigenvalue weighted by Crippen LogP contribution is -2.46. The third-order valence-electron chi connectivity index (χ3n) is 3.76. The summed E-state index contributed by atoms with van der Waals surface area (Å²) in [7, 11) is 0. The fourth-order valence-corrected chi connectivity index (χ4v) is 4.21. The summed E-state index contributed by atoms with van der Waals surface area (Å²) in [5.74, 6) is 4.84. The van der Waals surface area contributed by atoms with Gasteiger partial charge in [0.25, 0.3) is 0 Å². The Labute approximate surface area is 185 Å². The standard InChI is InChI=1S/C20H19I2NO4/c1-20(27,8-7-13-5-3-2-4-6-13)12-23-17(19(25)26)11-14-9-15(21)18(24)16(22)10-14/h2-6,9-10,17,23-24,27H,11-12H2,1H3,(H,25,26). The van der Waals surface area contributed by atoms with Crippen molar-refractivity contribution in [3.63, 3.8) is 0 Å². The van der Waals surface area contributed by atoms with Crippen LogP contribution in [0.25, 0.3) is 0 Å². The minimum Gasteiger partial charge on any atom is -0.506 e. The third kappa shape index (κ3) is 6.95. The van der Waals surface area contributed by atoms with Crippen LogP contribution in [0.4, 0.5) is 0 Å². The number of halogens is 2. The fraction of sp³-hybridized carbons (Fsp3) is 0.250. The number of phenols is 1. The van der Waals surface area contributed by atoms with Crippen molar-refractivity contribution < 1.29 is 20.1 Å². The molecule has 2 atom stereocenters. The van der Waals surface area contributed by atoms with Crippen LogP contribution in [0.3, 0.4) is 0 Å². The Balaban J connectivity index is 2.06. The molecule has 142 valence electrons. The maximum atomic E-state index is 11.6. The highest BCUT2D eigenvalue weighted by Crippen LogP contribution is 2.27. The number of carboxylic acids is 1. The van der Waals surface area contributed by atoms with E-state index in [-0.39, 0.29) is 18.7 Å². The van der Waals surface area contributed by atoms with Crippen molar-refractivity contribution in [1.29, 1.82) is 0 Å². The number of hydrogen-bond acceptors (Lipinski definition) is 4. The molecular weight excluding hydrogens is 572 g/mol. The maximum absolute atomic E-state index is 11.6. The number of benzene rings is 2. The van der Waals surface area contributed by atoms with E-state index in [2.05, 4.69) is 17.2 Å². The first-order chi connectivity index (χ1) is 12.7. The van der Waals surface area contributed by atoms with Gasteiger partial charge in [0.2, 0.25) is 0 Å². The van der Waals surface area contributed by atoms with Gasteiger partial charge in [-0.25, -0.2) is 0 Å². The number of phenolic OH excluding ortho intramolecular Hbond substituents is 1. The normalized spacial score (nSPS) is 13.9. The fourth-order valence-electron chi connectivity index (χ4n) is 2.31. The Morgan fingerprint density at radius 2 is 1.81 bits per heavy atom. The zero-order chi connectivity index (χ0) is 20.0. The minimum atomic E-state index is -1.37. The maximum Gasteiger partial charge on any atom is 0.321 e. The van der Waals surface area contributed by atoms with Crippen LogP contribution in [0.15, 0.2) is 42.5 Å². The molecule has 5 nitrogen and oxygen atoms in total. The zero-order valence-electron chi connectivity index (χ0n) is 14.5. The van der Waals surface area contributed by atoms with Gasteiger partial charge in [0.15, 0.2) is 0 Å². The SMILES string of the molecule is CC(O)(C#Cc1ccccc1)CNC(Cc1cc(I)c(O)c(I)c1)C(=O)O. The number of carboxylic acid groups (broad SMARTS) is 1. The van der Waals surface area contributed by atoms with Gasteiger partial charge in [-0.15, -0.1) is 0 Å². The molecule has 2 aromatic carbocycles. The molecule has 0 aromatic heterocycles. The number of carbonyl (C=O) groups is 1. The first-order valence-electron chi connectivity index (χ1n) is 8.11. The van der Waals surface area contributed by atoms with Gasteiger partial charge in [0.1, 0.15) is 17.4 Å². The van der Waals surface area contributed by atoms with Crippen LogP contribution in [0.2, 0.25) is 0 Å². The Hall–Kier alpha value is -1.35. The van der Waals surface area contributed by atoms with Crippen LogP contribution in [0.5, 0.6) is 5.75 Å². The molecule has 0 radical (unpaired) electrons. The number of aromatic hydroxyl groups is 1. The van der Waals surface area contributed by atoms with E-state index >= 15 is 0 Å². The molecule has 0 amide bonds. The summed E-state index contributed by atoms with van der Waals surface area (Å²) < 4.78 is 1.33. The second kappa shape index (κ2) is 9.73. The van der Waals surface area contributed by atoms with Crippen molar-refractivity contribution >= 4 is 51.2 Å². The van der Waals surface area contributed by atoms with Crippen molar-refractivity contribution in [2.75, 3.05) is 6.54 Å². The van der Waals surface area contributed by atoms with Gasteiger partial charge in [-0.05, 0) is 88.4 Å². The van der Waals surface area contributed by atoms with E-state index in [1.807, 2.05) is 75.5 Å². The van der Waals surface area contributed by atoms with E-state index in [0.717, 1.165) is 11.1 Å². The van der Waals surface area contributed by atoms with Crippen LogP contribution in [0, 0.1) is 19.0 Å². The summed E-state index contributed by atoms with van der Waals surface area (Å²) >= 11 is 4.02. The first-order valence-corrected chi connectivity index (χ1v) is 10.3. The van der Waals surface area contributed by atoms with Crippen LogP contribution in [0.1, 0.15) is 18.1 Å². The highest BCUT2D eigenvalue weighted by atomic mass is 127. The molecular formula is C20H19I2NO4. The van der Waals surface area contributed by atoms with Crippen LogP contribution < -0.4 is 5.32 Å². The van der Waals surface area contributed by atoms with E-state index in [1.54, 1.807) is 19.1 Å². The lowest BCUT2D eigenvalue weighted by molar-refractivity contribution is -0.139. The molecule has 0 fully saturated rings. The summed E-state index contributed by atoms with van der Waals surface area (Å²) in [6.45, 7) is 1.55. The Morgan fingerprint density at radius 1 is 1.22 bits per heavy atom. The Morgan fingerprint density at radius 3 is 2.37 bits per heavy atom. The van der Waals surface area contributed by atoms with Gasteiger partial charge >= 0.3 is 5.97 Å². The number of hydrogen-bond donors (Lipinski definition) is 4. The third-order valence-corrected chi connectivity index (χ3v) is 5.40. The van der Waals surface area contributed by atoms with Gasteiger partial charge in [-0.1, -0.05) is 30.0 Å². The molecule has 2 aromatic rings. The number of nitrogens with one attached hydrogen (secondary N) is 1. The molecule has 0 aliphatic rings. The number of aliphatic carboxylic acids is 1. The molecule has 0 aliphatic carbocycles. The van der Waals surface area contributed by atoms with E-state index in [0.29, 0.717) is 7.14 Å². The van der Waals surface area contributed by atoms with Gasteiger partial charge < -0.3 is 20.6 Å². The first kappa shape index (κ1) is 21.9. The molecule has 27 heavy (non-hydrogen) atoms. The van der Waals surface area contributed by atoms with Gasteiger partial charge in [0, 0.05) is 12.1 Å². The molecule has 0 saturated carbocycles. The molecule has 0 heterocycles. The summed E-state index contributed by atoms with van der Waals surface area (Å²) in [6, 6.07) is 11.9. The van der Waals surface area contributed by atoms with E-state index in [9.17, 15) is 20.1 Å². The van der Waals surface area contributed by atoms with Gasteiger partial charge in [-0.3, -0.25) is 4.79 Å². The molecule has 0 aliphatic heterocycles. The van der Waals surface area contributed by atoms with E-state index in [4.69, 9.17) is 0 Å². The summed E-state index contributed by atoms with van der Waals surface area (Å²) in [6.07, 6.45) is 0.226. The highest BCUT2D eigenvalue weighted by Gasteiger charge is 2.24. The molecule has 0 bridgehead atoms. The van der Waals surface area contributed by atoms with Crippen molar-refractivity contribution in [1.82, 2.24) is 5.32 Å². The summed E-state index contributed by atoms with van der Waals surface area (Å²) in [5, 5.41) is 32.7. The predicted octanol–water partition coefficient (Wildman–Crippen LogP) is 2.99. The molecule has 4 N–H and O–H groups in total. The molecule has 2 unspecified atom stereocenters. The predicted molar refractivity (Wildman–Crippen MR) is 121 cm³/mol. The smallest absolute Gasteiger partial charge is 0.321 e. The average molecular weight is 591 g/mol. The largest absolute Gasteiger partial charge is 0.506 e. The second-order valence-corrected chi connectivity index (χ2v) is 8.60. The van der Waals surface area contributed by atoms with Crippen LogP contribution >= 0.6 is 45.2 Å². The summed E-state index contributed by atoms with van der Waals surface area (Å²) in [5.41, 5.74) is 0.193. The molecule has 2 rings (SSSR count). The lowest BCUT2D eigenvalue weighted by Gasteiger charge is -2.21. The van der Waals surface area contributed by atoms with Crippen molar-refractivity contribution in [2.45, 2.75) is 25.0 Å². The topological polar surface area (TPSA) is 89.8 Å². The monoisotopic (exact) mass is 591 g/mol. The summed E-state index contributed by atoms with van der Waals surface area (Å²) in [4.78, 5) is 11.6. The van der Waals surface area contributed by atoms with E-state index in [1.165, 1.54) is 0 Å². The van der Waals surface area contributed by atoms with Crippen molar-refractivity contribution in [2.24, 2.45) is 0 Å². The Kier molecular flexibility index (Phi) is 7.91. The highest BCUT2D eigenvalue weighted by molar-refractivity contribution is 14.1. The number of aliphatic hydroxyl groups is 1. The van der Waals surface area contributed by atoms with Crippen molar-refractivity contribution in [3.8, 4) is 17.6 Å². The minimum absolute atomic E-state index is 0.00999. The second-order valence-electron chi connectivity index (χ2n) is 6.27. The van der Waals surface area contributed by atoms with Crippen LogP contribution in [-0.2, 0) is 11.2 Å². The van der Waals surface area contributed by atoms with Gasteiger partial charge in [0.05, 0.1) is 7.14 Å². The zero-order valence-corrected chi connectivity index (χ0v) is 18.9. The lowest BCUT2D eigenvalue weighted by atomic mass is 10.0. The Bertz CT molecular complexity index is 850. The van der Waals surface area contributed by atoms with Crippen LogP contribution in [-0.4, -0.2) is 39.5 Å². The van der Waals surface area contributed by atoms with Crippen molar-refractivity contribution in [3.05, 3.63) is 60.7 Å². The van der Waals surface area contributed by atoms with E-state index < -0.39 is 17.6 Å². The molecule has 7 heteroatoms. The van der Waals surface area contributed by atoms with Gasteiger partial charge in [-0.2, -0.15) is 0 Å². The quantitative estimate of drug-likeness (QED) is 0.307. The molecule has 0 spiro atoms. The molecule has 0 saturated heterocycles. The average Bonchev–Trinajstić information content (AvgIpc) is 2.62.